The van der Waals surface area contributed by atoms with Crippen LogP contribution >= 0.6 is 58.0 Å². The van der Waals surface area contributed by atoms with Crippen LogP contribution in [0.1, 0.15) is 32.1 Å². The Balaban J connectivity index is 2.72. The van der Waals surface area contributed by atoms with Crippen molar-refractivity contribution >= 4 is 69.8 Å². The van der Waals surface area contributed by atoms with Gasteiger partial charge >= 0.3 is 0 Å². The normalized spacial score (nSPS) is 18.9. The fourth-order valence-electron chi connectivity index (χ4n) is 2.16. The third-order valence-corrected chi connectivity index (χ3v) is 4.17. The zero-order valence-corrected chi connectivity index (χ0v) is 15.6. The number of imide groups is 1. The van der Waals surface area contributed by atoms with E-state index in [2.05, 4.69) is 0 Å². The molecule has 1 aliphatic heterocycles. The molecule has 2 amide bonds. The van der Waals surface area contributed by atoms with Crippen molar-refractivity contribution in [2.75, 3.05) is 7.11 Å². The predicted molar refractivity (Wildman–Crippen MR) is 89.6 cm³/mol. The van der Waals surface area contributed by atoms with Gasteiger partial charge in [-0.3, -0.25) is 14.5 Å². The van der Waals surface area contributed by atoms with Gasteiger partial charge in [0.1, 0.15) is 10.6 Å². The molecule has 1 atom stereocenters. The Morgan fingerprint density at radius 3 is 2.55 bits per heavy atom. The van der Waals surface area contributed by atoms with Crippen LogP contribution in [-0.4, -0.2) is 38.5 Å². The number of halogens is 5. The molecule has 0 radical (unpaired) electrons. The molecule has 126 valence electrons. The smallest absolute Gasteiger partial charge is 0.257 e. The molecule has 4 nitrogen and oxygen atoms in total. The topological polar surface area (TPSA) is 46.6 Å². The first-order chi connectivity index (χ1) is 10.2. The Kier molecular flexibility index (Phi) is 8.10. The summed E-state index contributed by atoms with van der Waals surface area (Å²) in [7, 11) is 1.43. The molecule has 0 saturated heterocycles. The van der Waals surface area contributed by atoms with Crippen molar-refractivity contribution in [3.8, 4) is 0 Å². The van der Waals surface area contributed by atoms with Crippen LogP contribution < -0.4 is 0 Å². The van der Waals surface area contributed by atoms with Crippen molar-refractivity contribution in [3.05, 3.63) is 11.8 Å². The lowest BCUT2D eigenvalue weighted by molar-refractivity contribution is -0.143. The molecule has 0 spiro atoms. The summed E-state index contributed by atoms with van der Waals surface area (Å²) in [4.78, 5) is 24.9. The lowest BCUT2D eigenvalue weighted by Gasteiger charge is -2.26. The Morgan fingerprint density at radius 2 is 2.05 bits per heavy atom. The molecule has 1 aliphatic rings. The minimum absolute atomic E-state index is 0.163. The van der Waals surface area contributed by atoms with E-state index >= 15 is 0 Å². The lowest BCUT2D eigenvalue weighted by atomic mass is 10.1. The predicted octanol–water partition coefficient (Wildman–Crippen LogP) is 4.38. The number of amides is 2. The Labute approximate surface area is 154 Å². The summed E-state index contributed by atoms with van der Waals surface area (Å²) < 4.78 is 3.70. The van der Waals surface area contributed by atoms with Crippen LogP contribution in [0.5, 0.6) is 0 Å². The molecule has 0 aromatic rings. The largest absolute Gasteiger partial charge is 0.499 e. The number of carbonyl (C=O) groups excluding carboxylic acids is 2. The first-order valence-corrected chi connectivity index (χ1v) is 8.63. The van der Waals surface area contributed by atoms with Crippen molar-refractivity contribution < 1.29 is 14.3 Å². The van der Waals surface area contributed by atoms with Crippen LogP contribution in [0, 0.1) is 0 Å². The Bertz CT molecular complexity index is 447. The SMILES string of the molecule is COC1=CC(=O)N(C(=O)CCCC(Cl)Cl)C1CCC(Cl)(Cl)Cl. The van der Waals surface area contributed by atoms with E-state index in [1.807, 2.05) is 0 Å². The zero-order chi connectivity index (χ0) is 16.9. The first kappa shape index (κ1) is 20.2. The molecule has 9 heteroatoms. The number of methoxy groups -OCH3 is 1. The molecule has 0 bridgehead atoms. The average Bonchev–Trinajstić information content (AvgIpc) is 2.71. The fraction of sp³-hybridized carbons (Fsp3) is 0.692. The van der Waals surface area contributed by atoms with Crippen LogP contribution in [0.2, 0.25) is 0 Å². The second kappa shape index (κ2) is 8.84. The van der Waals surface area contributed by atoms with Gasteiger partial charge in [0.25, 0.3) is 5.91 Å². The maximum atomic E-state index is 12.3. The van der Waals surface area contributed by atoms with E-state index in [0.29, 0.717) is 25.0 Å². The highest BCUT2D eigenvalue weighted by Crippen LogP contribution is 2.35. The van der Waals surface area contributed by atoms with Crippen molar-refractivity contribution in [2.45, 2.75) is 46.8 Å². The monoisotopic (exact) mass is 409 g/mol. The number of nitrogens with zero attached hydrogens (tertiary/aromatic N) is 1. The molecular weight excluding hydrogens is 395 g/mol. The lowest BCUT2D eigenvalue weighted by Crippen LogP contribution is -2.41. The summed E-state index contributed by atoms with van der Waals surface area (Å²) in [6.07, 6.45) is 2.90. The molecule has 22 heavy (non-hydrogen) atoms. The van der Waals surface area contributed by atoms with E-state index in [1.54, 1.807) is 0 Å². The number of carbonyl (C=O) groups is 2. The van der Waals surface area contributed by atoms with Crippen LogP contribution in [0.25, 0.3) is 0 Å². The minimum Gasteiger partial charge on any atom is -0.499 e. The van der Waals surface area contributed by atoms with Crippen LogP contribution in [0.3, 0.4) is 0 Å². The summed E-state index contributed by atoms with van der Waals surface area (Å²) in [5, 5.41) is 0. The molecule has 0 fully saturated rings. The van der Waals surface area contributed by atoms with E-state index in [0.717, 1.165) is 4.90 Å². The maximum absolute atomic E-state index is 12.3. The van der Waals surface area contributed by atoms with Crippen molar-refractivity contribution in [1.82, 2.24) is 4.90 Å². The summed E-state index contributed by atoms with van der Waals surface area (Å²) in [6.45, 7) is 0. The molecule has 0 aromatic heterocycles. The molecule has 0 N–H and O–H groups in total. The Morgan fingerprint density at radius 1 is 1.41 bits per heavy atom. The highest BCUT2D eigenvalue weighted by atomic mass is 35.6. The molecular formula is C13H16Cl5NO3. The van der Waals surface area contributed by atoms with Gasteiger partial charge in [-0.05, 0) is 25.7 Å². The van der Waals surface area contributed by atoms with Crippen molar-refractivity contribution in [1.29, 1.82) is 0 Å². The third-order valence-electron chi connectivity index (χ3n) is 3.16. The number of rotatable bonds is 7. The van der Waals surface area contributed by atoms with Gasteiger partial charge < -0.3 is 4.74 Å². The minimum atomic E-state index is -1.45. The van der Waals surface area contributed by atoms with Gasteiger partial charge in [-0.15, -0.1) is 23.2 Å². The van der Waals surface area contributed by atoms with Crippen molar-refractivity contribution in [2.24, 2.45) is 0 Å². The zero-order valence-electron chi connectivity index (χ0n) is 11.8. The molecule has 1 heterocycles. The number of hydrogen-bond acceptors (Lipinski definition) is 3. The van der Waals surface area contributed by atoms with Gasteiger partial charge in [-0.1, -0.05) is 34.8 Å². The number of hydrogen-bond donors (Lipinski definition) is 0. The molecule has 1 rings (SSSR count). The molecule has 1 unspecified atom stereocenters. The van der Waals surface area contributed by atoms with Gasteiger partial charge in [-0.25, -0.2) is 0 Å². The van der Waals surface area contributed by atoms with Crippen LogP contribution in [0.4, 0.5) is 0 Å². The van der Waals surface area contributed by atoms with Crippen LogP contribution in [0.15, 0.2) is 11.8 Å². The van der Waals surface area contributed by atoms with E-state index in [1.165, 1.54) is 13.2 Å². The standard InChI is InChI=1S/C13H16Cl5NO3/c1-22-9-7-12(21)19(8(9)5-6-13(16,17)18)11(20)4-2-3-10(14)15/h7-8,10H,2-6H2,1H3. The highest BCUT2D eigenvalue weighted by Gasteiger charge is 2.39. The number of alkyl halides is 5. The summed E-state index contributed by atoms with van der Waals surface area (Å²) in [5.41, 5.74) is 0. The quantitative estimate of drug-likeness (QED) is 0.584. The average molecular weight is 412 g/mol. The van der Waals surface area contributed by atoms with Gasteiger partial charge in [0, 0.05) is 12.5 Å². The van der Waals surface area contributed by atoms with Gasteiger partial charge in [0.2, 0.25) is 5.91 Å². The second-order valence-corrected chi connectivity index (χ2v) is 8.60. The molecule has 0 saturated carbocycles. The Hall–Kier alpha value is 0.130. The summed E-state index contributed by atoms with van der Waals surface area (Å²) in [5.74, 6) is -0.360. The maximum Gasteiger partial charge on any atom is 0.257 e. The fourth-order valence-corrected chi connectivity index (χ4v) is 2.80. The first-order valence-electron chi connectivity index (χ1n) is 6.62. The summed E-state index contributed by atoms with van der Waals surface area (Å²) >= 11 is 28.5. The van der Waals surface area contributed by atoms with E-state index in [-0.39, 0.29) is 18.7 Å². The second-order valence-electron chi connectivity index (χ2n) is 4.81. The molecule has 0 aromatic carbocycles. The van der Waals surface area contributed by atoms with E-state index in [4.69, 9.17) is 62.7 Å². The van der Waals surface area contributed by atoms with Gasteiger partial charge in [-0.2, -0.15) is 0 Å². The van der Waals surface area contributed by atoms with Gasteiger partial charge in [0.15, 0.2) is 3.79 Å². The highest BCUT2D eigenvalue weighted by molar-refractivity contribution is 6.67. The molecule has 0 aliphatic carbocycles. The van der Waals surface area contributed by atoms with Crippen molar-refractivity contribution in [3.63, 3.8) is 0 Å². The summed E-state index contributed by atoms with van der Waals surface area (Å²) in [6, 6.07) is -0.552. The van der Waals surface area contributed by atoms with Gasteiger partial charge in [0.05, 0.1) is 13.2 Å². The van der Waals surface area contributed by atoms with E-state index < -0.39 is 20.6 Å². The van der Waals surface area contributed by atoms with Crippen LogP contribution in [-0.2, 0) is 14.3 Å². The number of ether oxygens (including phenoxy) is 1. The van der Waals surface area contributed by atoms with E-state index in [9.17, 15) is 9.59 Å². The third kappa shape index (κ3) is 6.32.